The molecular weight excluding hydrogens is 278 g/mol. The Labute approximate surface area is 122 Å². The third-order valence-corrected chi connectivity index (χ3v) is 7.52. The van der Waals surface area contributed by atoms with Gasteiger partial charge in [0.2, 0.25) is 5.89 Å². The van der Waals surface area contributed by atoms with E-state index in [1.807, 2.05) is 23.5 Å². The number of nitrogens with one attached hydrogen (secondary N) is 1. The first-order chi connectivity index (χ1) is 9.15. The average molecular weight is 299 g/mol. The van der Waals surface area contributed by atoms with Crippen LogP contribution in [-0.4, -0.2) is 39.0 Å². The second-order valence-electron chi connectivity index (χ2n) is 5.50. The number of thioether (sulfide) groups is 2. The fraction of sp³-hybridized carbons (Fsp3) is 0.846. The lowest BCUT2D eigenvalue weighted by Gasteiger charge is -2.29. The van der Waals surface area contributed by atoms with Gasteiger partial charge >= 0.3 is 0 Å². The molecule has 2 fully saturated rings. The maximum Gasteiger partial charge on any atom is 0.231 e. The largest absolute Gasteiger partial charge is 0.339 e. The van der Waals surface area contributed by atoms with E-state index in [1.54, 1.807) is 0 Å². The quantitative estimate of drug-likeness (QED) is 0.906. The summed E-state index contributed by atoms with van der Waals surface area (Å²) in [5.41, 5.74) is 0. The number of nitrogens with zero attached hydrogens (tertiary/aromatic N) is 2. The molecule has 2 aliphatic rings. The van der Waals surface area contributed by atoms with Crippen LogP contribution in [0.25, 0.3) is 0 Å². The van der Waals surface area contributed by atoms with Crippen LogP contribution in [0.1, 0.15) is 50.1 Å². The van der Waals surface area contributed by atoms with Gasteiger partial charge in [0, 0.05) is 22.3 Å². The summed E-state index contributed by atoms with van der Waals surface area (Å²) >= 11 is 4.00. The van der Waals surface area contributed by atoms with Crippen LogP contribution in [0.15, 0.2) is 4.52 Å². The van der Waals surface area contributed by atoms with Crippen LogP contribution < -0.4 is 5.32 Å². The highest BCUT2D eigenvalue weighted by molar-refractivity contribution is 8.07. The fourth-order valence-corrected chi connectivity index (χ4v) is 5.48. The smallest absolute Gasteiger partial charge is 0.231 e. The number of rotatable bonds is 2. The topological polar surface area (TPSA) is 51.0 Å². The third kappa shape index (κ3) is 2.81. The van der Waals surface area contributed by atoms with Crippen molar-refractivity contribution in [3.05, 3.63) is 11.7 Å². The first-order valence-corrected chi connectivity index (χ1v) is 8.98. The highest BCUT2D eigenvalue weighted by atomic mass is 32.2. The molecule has 2 aliphatic heterocycles. The van der Waals surface area contributed by atoms with Gasteiger partial charge in [-0.2, -0.15) is 16.7 Å². The van der Waals surface area contributed by atoms with E-state index < -0.39 is 0 Å². The first kappa shape index (κ1) is 13.8. The minimum atomic E-state index is 0.387. The van der Waals surface area contributed by atoms with Crippen LogP contribution in [0.3, 0.4) is 0 Å². The van der Waals surface area contributed by atoms with Crippen molar-refractivity contribution in [1.29, 1.82) is 0 Å². The van der Waals surface area contributed by atoms with Gasteiger partial charge in [-0.15, -0.1) is 11.8 Å². The molecule has 6 heteroatoms. The van der Waals surface area contributed by atoms with Crippen molar-refractivity contribution in [2.45, 2.75) is 54.9 Å². The Morgan fingerprint density at radius 1 is 1.26 bits per heavy atom. The summed E-state index contributed by atoms with van der Waals surface area (Å²) in [4.78, 5) is 4.67. The van der Waals surface area contributed by atoms with Crippen molar-refractivity contribution in [1.82, 2.24) is 15.5 Å². The van der Waals surface area contributed by atoms with Crippen LogP contribution >= 0.6 is 23.5 Å². The zero-order valence-electron chi connectivity index (χ0n) is 11.6. The van der Waals surface area contributed by atoms with Crippen molar-refractivity contribution in [2.24, 2.45) is 0 Å². The Morgan fingerprint density at radius 2 is 2.11 bits per heavy atom. The lowest BCUT2D eigenvalue weighted by molar-refractivity contribution is 0.341. The molecule has 3 rings (SSSR count). The summed E-state index contributed by atoms with van der Waals surface area (Å²) in [5.74, 6) is 3.20. The maximum atomic E-state index is 5.51. The zero-order chi connectivity index (χ0) is 13.4. The van der Waals surface area contributed by atoms with E-state index in [-0.39, 0.29) is 0 Å². The normalized spacial score (nSPS) is 39.6. The van der Waals surface area contributed by atoms with Gasteiger partial charge in [0.05, 0.1) is 11.2 Å². The van der Waals surface area contributed by atoms with Crippen molar-refractivity contribution in [3.63, 3.8) is 0 Å². The van der Waals surface area contributed by atoms with Gasteiger partial charge in [0.25, 0.3) is 0 Å². The molecular formula is C13H21N3OS2. The summed E-state index contributed by atoms with van der Waals surface area (Å²) in [5, 5.41) is 9.42. The maximum absolute atomic E-state index is 5.51. The highest BCUT2D eigenvalue weighted by Crippen LogP contribution is 2.43. The van der Waals surface area contributed by atoms with E-state index in [1.165, 1.54) is 0 Å². The van der Waals surface area contributed by atoms with Crippen LogP contribution in [0.4, 0.5) is 0 Å². The Morgan fingerprint density at radius 3 is 2.79 bits per heavy atom. The molecule has 5 atom stereocenters. The Balaban J connectivity index is 1.71. The Kier molecular flexibility index (Phi) is 4.10. The van der Waals surface area contributed by atoms with Gasteiger partial charge in [-0.25, -0.2) is 0 Å². The fourth-order valence-electron chi connectivity index (χ4n) is 2.64. The molecule has 1 aromatic rings. The number of hydrogen-bond donors (Lipinski definition) is 1. The minimum Gasteiger partial charge on any atom is -0.339 e. The van der Waals surface area contributed by atoms with E-state index >= 15 is 0 Å². The predicted molar refractivity (Wildman–Crippen MR) is 80.8 cm³/mol. The summed E-state index contributed by atoms with van der Waals surface area (Å²) in [6.45, 7) is 7.83. The second kappa shape index (κ2) is 5.66. The monoisotopic (exact) mass is 299 g/mol. The highest BCUT2D eigenvalue weighted by Gasteiger charge is 2.33. The second-order valence-corrected chi connectivity index (χ2v) is 8.49. The van der Waals surface area contributed by atoms with Crippen LogP contribution in [0.2, 0.25) is 0 Å². The first-order valence-electron chi connectivity index (χ1n) is 6.99. The van der Waals surface area contributed by atoms with Gasteiger partial charge in [0.15, 0.2) is 5.82 Å². The molecule has 0 amide bonds. The summed E-state index contributed by atoms with van der Waals surface area (Å²) < 4.78 is 5.51. The molecule has 0 saturated carbocycles. The molecule has 0 bridgehead atoms. The van der Waals surface area contributed by atoms with Crippen molar-refractivity contribution < 1.29 is 4.52 Å². The summed E-state index contributed by atoms with van der Waals surface area (Å²) in [7, 11) is 0. The van der Waals surface area contributed by atoms with Gasteiger partial charge < -0.3 is 9.84 Å². The molecule has 5 unspecified atom stereocenters. The van der Waals surface area contributed by atoms with Crippen molar-refractivity contribution >= 4 is 23.5 Å². The molecule has 0 spiro atoms. The van der Waals surface area contributed by atoms with Crippen LogP contribution in [0.5, 0.6) is 0 Å². The van der Waals surface area contributed by atoms with E-state index in [0.29, 0.717) is 27.7 Å². The third-order valence-electron chi connectivity index (χ3n) is 4.14. The summed E-state index contributed by atoms with van der Waals surface area (Å²) in [6, 6.07) is 0.445. The summed E-state index contributed by atoms with van der Waals surface area (Å²) in [6.07, 6.45) is 1.10. The average Bonchev–Trinajstić information content (AvgIpc) is 3.01. The molecule has 4 nitrogen and oxygen atoms in total. The van der Waals surface area contributed by atoms with Gasteiger partial charge in [-0.3, -0.25) is 0 Å². The molecule has 19 heavy (non-hydrogen) atoms. The van der Waals surface area contributed by atoms with Crippen LogP contribution in [0, 0.1) is 0 Å². The molecule has 0 aromatic carbocycles. The molecule has 1 aromatic heterocycles. The zero-order valence-corrected chi connectivity index (χ0v) is 13.3. The lowest BCUT2D eigenvalue weighted by Crippen LogP contribution is -2.23. The van der Waals surface area contributed by atoms with E-state index in [4.69, 9.17) is 4.52 Å². The van der Waals surface area contributed by atoms with Crippen molar-refractivity contribution in [3.8, 4) is 0 Å². The van der Waals surface area contributed by atoms with Gasteiger partial charge in [-0.1, -0.05) is 19.0 Å². The molecule has 0 aliphatic carbocycles. The Bertz CT molecular complexity index is 439. The molecule has 106 valence electrons. The molecule has 3 heterocycles. The molecule has 2 saturated heterocycles. The van der Waals surface area contributed by atoms with Gasteiger partial charge in [0.1, 0.15) is 0 Å². The van der Waals surface area contributed by atoms with E-state index in [2.05, 4.69) is 36.2 Å². The lowest BCUT2D eigenvalue weighted by atomic mass is 10.0. The number of aromatic nitrogens is 2. The van der Waals surface area contributed by atoms with Gasteiger partial charge in [-0.05, 0) is 19.9 Å². The number of hydrogen-bond acceptors (Lipinski definition) is 6. The standard InChI is InChI=1S/C13H21N3OS2/c1-7-10(4-5-14-7)13-15-12(16-17-13)11-6-18-8(2)9(3)19-11/h7-11,14H,4-6H2,1-3H3. The SMILES string of the molecule is CC1NCCC1c1nc(C2CSC(C)C(C)S2)no1. The Hall–Kier alpha value is -0.200. The van der Waals surface area contributed by atoms with Crippen molar-refractivity contribution in [2.75, 3.05) is 12.3 Å². The van der Waals surface area contributed by atoms with E-state index in [9.17, 15) is 0 Å². The molecule has 1 N–H and O–H groups in total. The van der Waals surface area contributed by atoms with Crippen LogP contribution in [-0.2, 0) is 0 Å². The van der Waals surface area contributed by atoms with E-state index in [0.717, 1.165) is 30.4 Å². The minimum absolute atomic E-state index is 0.387. The molecule has 0 radical (unpaired) electrons. The predicted octanol–water partition coefficient (Wildman–Crippen LogP) is 2.83.